The first-order valence-corrected chi connectivity index (χ1v) is 10.5. The van der Waals surface area contributed by atoms with E-state index >= 15 is 0 Å². The van der Waals surface area contributed by atoms with Crippen LogP contribution in [0.25, 0.3) is 10.9 Å². The number of nitrogens with one attached hydrogen (secondary N) is 3. The molecule has 0 radical (unpaired) electrons. The van der Waals surface area contributed by atoms with Crippen molar-refractivity contribution in [2.45, 2.75) is 6.42 Å². The van der Waals surface area contributed by atoms with Crippen LogP contribution in [0.2, 0.25) is 5.02 Å². The fourth-order valence-corrected chi connectivity index (χ4v) is 3.46. The van der Waals surface area contributed by atoms with Gasteiger partial charge in [0.15, 0.2) is 0 Å². The van der Waals surface area contributed by atoms with Gasteiger partial charge in [0.2, 0.25) is 0 Å². The van der Waals surface area contributed by atoms with E-state index in [-0.39, 0.29) is 5.69 Å². The number of ether oxygens (including phenoxy) is 1. The summed E-state index contributed by atoms with van der Waals surface area (Å²) in [5.74, 6) is -2.18. The molecule has 3 amide bonds. The highest BCUT2D eigenvalue weighted by atomic mass is 79.9. The van der Waals surface area contributed by atoms with Gasteiger partial charge in [0.25, 0.3) is 5.91 Å². The van der Waals surface area contributed by atoms with Crippen LogP contribution < -0.4 is 16.1 Å². The first kappa shape index (κ1) is 22.8. The minimum atomic E-state index is -0.894. The van der Waals surface area contributed by atoms with Gasteiger partial charge < -0.3 is 15.4 Å². The molecule has 0 bridgehead atoms. The van der Waals surface area contributed by atoms with Crippen LogP contribution in [0.5, 0.6) is 0 Å². The fourth-order valence-electron chi connectivity index (χ4n) is 2.89. The van der Waals surface area contributed by atoms with E-state index in [1.165, 1.54) is 4.68 Å². The SMILES string of the molecule is COCCCNC(=O)C(=O)Nn1c(C(=O)Nc2cccc(Cl)c2)cc2cc(Br)ccc21. The third-order valence-corrected chi connectivity index (χ3v) is 5.04. The number of hydrogen-bond donors (Lipinski definition) is 3. The van der Waals surface area contributed by atoms with E-state index in [1.54, 1.807) is 55.6 Å². The number of carbonyl (C=O) groups is 3. The van der Waals surface area contributed by atoms with Gasteiger partial charge in [-0.15, -0.1) is 0 Å². The number of fused-ring (bicyclic) bond motifs is 1. The van der Waals surface area contributed by atoms with Crippen LogP contribution in [0.15, 0.2) is 53.0 Å². The summed E-state index contributed by atoms with van der Waals surface area (Å²) in [6.07, 6.45) is 0.573. The Kier molecular flexibility index (Phi) is 7.67. The van der Waals surface area contributed by atoms with E-state index in [0.717, 1.165) is 4.47 Å². The monoisotopic (exact) mass is 506 g/mol. The number of amides is 3. The second kappa shape index (κ2) is 10.4. The van der Waals surface area contributed by atoms with E-state index < -0.39 is 17.7 Å². The number of anilines is 1. The highest BCUT2D eigenvalue weighted by Crippen LogP contribution is 2.24. The lowest BCUT2D eigenvalue weighted by atomic mass is 10.2. The van der Waals surface area contributed by atoms with Crippen molar-refractivity contribution < 1.29 is 19.1 Å². The van der Waals surface area contributed by atoms with Crippen LogP contribution in [0.4, 0.5) is 5.69 Å². The van der Waals surface area contributed by atoms with E-state index in [1.807, 2.05) is 0 Å². The van der Waals surface area contributed by atoms with Gasteiger partial charge in [-0.05, 0) is 48.9 Å². The van der Waals surface area contributed by atoms with Crippen molar-refractivity contribution >= 4 is 61.8 Å². The molecule has 3 aromatic rings. The number of halogens is 2. The summed E-state index contributed by atoms with van der Waals surface area (Å²) < 4.78 is 7.01. The van der Waals surface area contributed by atoms with Crippen LogP contribution in [0.1, 0.15) is 16.9 Å². The number of benzene rings is 2. The van der Waals surface area contributed by atoms with Gasteiger partial charge >= 0.3 is 11.8 Å². The molecule has 2 aromatic carbocycles. The predicted molar refractivity (Wildman–Crippen MR) is 123 cm³/mol. The lowest BCUT2D eigenvalue weighted by molar-refractivity contribution is -0.136. The van der Waals surface area contributed by atoms with Crippen LogP contribution in [0.3, 0.4) is 0 Å². The van der Waals surface area contributed by atoms with Crippen LogP contribution in [-0.4, -0.2) is 42.7 Å². The summed E-state index contributed by atoms with van der Waals surface area (Å²) in [4.78, 5) is 37.5. The zero-order chi connectivity index (χ0) is 22.4. The molecule has 8 nitrogen and oxygen atoms in total. The average molecular weight is 508 g/mol. The standard InChI is InChI=1S/C21H20BrClN4O4/c1-31-9-3-8-24-20(29)21(30)26-27-17-7-6-14(22)10-13(17)11-18(27)19(28)25-16-5-2-4-15(23)12-16/h2,4-7,10-12H,3,8-9H2,1H3,(H,24,29)(H,25,28)(H,26,30). The number of methoxy groups -OCH3 is 1. The Morgan fingerprint density at radius 2 is 1.90 bits per heavy atom. The summed E-state index contributed by atoms with van der Waals surface area (Å²) in [7, 11) is 1.56. The Balaban J connectivity index is 1.85. The third kappa shape index (κ3) is 5.84. The smallest absolute Gasteiger partial charge is 0.328 e. The van der Waals surface area contributed by atoms with Gasteiger partial charge in [-0.2, -0.15) is 0 Å². The van der Waals surface area contributed by atoms with Crippen LogP contribution >= 0.6 is 27.5 Å². The molecule has 3 N–H and O–H groups in total. The lowest BCUT2D eigenvalue weighted by Crippen LogP contribution is -2.40. The summed E-state index contributed by atoms with van der Waals surface area (Å²) >= 11 is 9.38. The molecule has 0 saturated heterocycles. The highest BCUT2D eigenvalue weighted by Gasteiger charge is 2.21. The lowest BCUT2D eigenvalue weighted by Gasteiger charge is -2.13. The maximum Gasteiger partial charge on any atom is 0.328 e. The molecule has 162 valence electrons. The van der Waals surface area contributed by atoms with E-state index in [4.69, 9.17) is 16.3 Å². The quantitative estimate of drug-likeness (QED) is 0.336. The summed E-state index contributed by atoms with van der Waals surface area (Å²) in [5.41, 5.74) is 3.70. The van der Waals surface area contributed by atoms with Gasteiger partial charge in [0.05, 0.1) is 5.52 Å². The highest BCUT2D eigenvalue weighted by molar-refractivity contribution is 9.10. The minimum Gasteiger partial charge on any atom is -0.385 e. The van der Waals surface area contributed by atoms with Crippen molar-refractivity contribution in [3.8, 4) is 0 Å². The second-order valence-corrected chi connectivity index (χ2v) is 7.93. The Labute approximate surface area is 192 Å². The maximum absolute atomic E-state index is 12.9. The zero-order valence-corrected chi connectivity index (χ0v) is 18.9. The van der Waals surface area contributed by atoms with Gasteiger partial charge in [-0.25, -0.2) is 4.68 Å². The van der Waals surface area contributed by atoms with Crippen molar-refractivity contribution in [2.75, 3.05) is 31.0 Å². The minimum absolute atomic E-state index is 0.147. The average Bonchev–Trinajstić information content (AvgIpc) is 3.08. The molecule has 0 unspecified atom stereocenters. The second-order valence-electron chi connectivity index (χ2n) is 6.58. The molecule has 0 spiro atoms. The molecule has 0 saturated carbocycles. The molecule has 3 rings (SSSR count). The predicted octanol–water partition coefficient (Wildman–Crippen LogP) is 3.53. The Morgan fingerprint density at radius 1 is 1.10 bits per heavy atom. The molecular weight excluding hydrogens is 488 g/mol. The normalized spacial score (nSPS) is 10.7. The third-order valence-electron chi connectivity index (χ3n) is 4.31. The molecule has 0 atom stereocenters. The molecule has 1 heterocycles. The topological polar surface area (TPSA) is 101 Å². The van der Waals surface area contributed by atoms with Crippen molar-refractivity contribution in [2.24, 2.45) is 0 Å². The number of carbonyl (C=O) groups excluding carboxylic acids is 3. The summed E-state index contributed by atoms with van der Waals surface area (Å²) in [6, 6.07) is 13.6. The Hall–Kier alpha value is -2.88. The maximum atomic E-state index is 12.9. The molecule has 0 aliphatic heterocycles. The van der Waals surface area contributed by atoms with Gasteiger partial charge in [-0.1, -0.05) is 33.6 Å². The summed E-state index contributed by atoms with van der Waals surface area (Å²) in [6.45, 7) is 0.758. The van der Waals surface area contributed by atoms with Crippen LogP contribution in [0, 0.1) is 0 Å². The zero-order valence-electron chi connectivity index (χ0n) is 16.6. The Morgan fingerprint density at radius 3 is 2.65 bits per heavy atom. The van der Waals surface area contributed by atoms with Crippen molar-refractivity contribution in [3.63, 3.8) is 0 Å². The van der Waals surface area contributed by atoms with Gasteiger partial charge in [0, 0.05) is 40.8 Å². The number of nitrogens with zero attached hydrogens (tertiary/aromatic N) is 1. The van der Waals surface area contributed by atoms with Crippen molar-refractivity contribution in [1.82, 2.24) is 9.99 Å². The van der Waals surface area contributed by atoms with Gasteiger partial charge in [0.1, 0.15) is 5.69 Å². The molecule has 0 aliphatic rings. The first-order valence-electron chi connectivity index (χ1n) is 9.35. The fraction of sp³-hybridized carbons (Fsp3) is 0.190. The molecule has 31 heavy (non-hydrogen) atoms. The van der Waals surface area contributed by atoms with Gasteiger partial charge in [-0.3, -0.25) is 19.8 Å². The van der Waals surface area contributed by atoms with Crippen molar-refractivity contribution in [3.05, 3.63) is 63.7 Å². The van der Waals surface area contributed by atoms with Crippen molar-refractivity contribution in [1.29, 1.82) is 0 Å². The number of rotatable bonds is 7. The first-order chi connectivity index (χ1) is 14.9. The number of aromatic nitrogens is 1. The van der Waals surface area contributed by atoms with Crippen LogP contribution in [-0.2, 0) is 14.3 Å². The summed E-state index contributed by atoms with van der Waals surface area (Å²) in [5, 5.41) is 6.43. The Bertz CT molecular complexity index is 1130. The molecule has 10 heteroatoms. The molecule has 0 aliphatic carbocycles. The largest absolute Gasteiger partial charge is 0.385 e. The van der Waals surface area contributed by atoms with E-state index in [9.17, 15) is 14.4 Å². The molecule has 0 fully saturated rings. The van der Waals surface area contributed by atoms with E-state index in [2.05, 4.69) is 32.0 Å². The number of hydrogen-bond acceptors (Lipinski definition) is 4. The molecule has 1 aromatic heterocycles. The van der Waals surface area contributed by atoms with E-state index in [0.29, 0.717) is 41.2 Å². The molecular formula is C21H20BrClN4O4.